The van der Waals surface area contributed by atoms with Crippen LogP contribution in [0.15, 0.2) is 47.4 Å². The van der Waals surface area contributed by atoms with E-state index in [1.165, 1.54) is 37.4 Å². The fourth-order valence-electron chi connectivity index (χ4n) is 1.98. The molecule has 0 fully saturated rings. The van der Waals surface area contributed by atoms with Crippen molar-refractivity contribution in [2.75, 3.05) is 18.4 Å². The maximum atomic E-state index is 12.4. The van der Waals surface area contributed by atoms with Crippen molar-refractivity contribution in [3.05, 3.63) is 53.6 Å². The lowest BCUT2D eigenvalue weighted by Gasteiger charge is -2.13. The number of methoxy groups -OCH3 is 1. The zero-order chi connectivity index (χ0) is 17.0. The van der Waals surface area contributed by atoms with Gasteiger partial charge >= 0.3 is 0 Å². The summed E-state index contributed by atoms with van der Waals surface area (Å²) in [5, 5.41) is 9.05. The summed E-state index contributed by atoms with van der Waals surface area (Å²) in [6, 6.07) is 10.7. The number of benzene rings is 2. The van der Waals surface area contributed by atoms with Crippen LogP contribution in [-0.4, -0.2) is 33.0 Å². The monoisotopic (exact) mass is 335 g/mol. The first kappa shape index (κ1) is 17.0. The maximum Gasteiger partial charge on any atom is 0.261 e. The number of ether oxygens (including phenoxy) is 1. The van der Waals surface area contributed by atoms with E-state index in [1.54, 1.807) is 12.1 Å². The van der Waals surface area contributed by atoms with E-state index in [0.29, 0.717) is 5.75 Å². The number of sulfonamides is 1. The Bertz CT molecular complexity index is 813. The Labute approximate surface area is 134 Å². The molecule has 0 atom stereocenters. The number of aliphatic hydroxyl groups is 1. The Kier molecular flexibility index (Phi) is 5.02. The van der Waals surface area contributed by atoms with Crippen molar-refractivity contribution in [1.29, 1.82) is 0 Å². The van der Waals surface area contributed by atoms with Crippen LogP contribution in [0.5, 0.6) is 5.75 Å². The molecule has 0 spiro atoms. The highest BCUT2D eigenvalue weighted by molar-refractivity contribution is 7.92. The lowest BCUT2D eigenvalue weighted by atomic mass is 10.1. The van der Waals surface area contributed by atoms with Gasteiger partial charge in [0.25, 0.3) is 10.0 Å². The van der Waals surface area contributed by atoms with Gasteiger partial charge in [-0.2, -0.15) is 0 Å². The SMILES string of the molecule is COc1ccc(NS(=O)(=O)c2ccc(C)cc2)c(C(=O)CO)c1. The Hall–Kier alpha value is -2.38. The molecule has 122 valence electrons. The second-order valence-electron chi connectivity index (χ2n) is 4.91. The maximum absolute atomic E-state index is 12.4. The molecular formula is C16H17NO5S. The van der Waals surface area contributed by atoms with Crippen LogP contribution in [0.1, 0.15) is 15.9 Å². The van der Waals surface area contributed by atoms with Crippen molar-refractivity contribution < 1.29 is 23.1 Å². The van der Waals surface area contributed by atoms with Crippen LogP contribution in [0, 0.1) is 6.92 Å². The minimum atomic E-state index is -3.84. The number of Topliss-reactive ketones (excluding diaryl/α,β-unsaturated/α-hetero) is 1. The number of hydrogen-bond acceptors (Lipinski definition) is 5. The summed E-state index contributed by atoms with van der Waals surface area (Å²) in [6.07, 6.45) is 0. The Morgan fingerprint density at radius 3 is 2.39 bits per heavy atom. The Morgan fingerprint density at radius 2 is 1.83 bits per heavy atom. The Balaban J connectivity index is 2.42. The minimum Gasteiger partial charge on any atom is -0.497 e. The number of anilines is 1. The first-order chi connectivity index (χ1) is 10.9. The van der Waals surface area contributed by atoms with Crippen molar-refractivity contribution in [2.24, 2.45) is 0 Å². The van der Waals surface area contributed by atoms with Crippen LogP contribution in [0.4, 0.5) is 5.69 Å². The van der Waals surface area contributed by atoms with Gasteiger partial charge in [-0.15, -0.1) is 0 Å². The molecule has 0 bridgehead atoms. The fourth-order valence-corrected chi connectivity index (χ4v) is 3.06. The van der Waals surface area contributed by atoms with Crippen LogP contribution in [-0.2, 0) is 10.0 Å². The zero-order valence-electron chi connectivity index (χ0n) is 12.7. The molecule has 0 aliphatic heterocycles. The summed E-state index contributed by atoms with van der Waals surface area (Å²) in [6.45, 7) is 1.12. The lowest BCUT2D eigenvalue weighted by molar-refractivity contribution is 0.0904. The van der Waals surface area contributed by atoms with Crippen LogP contribution < -0.4 is 9.46 Å². The highest BCUT2D eigenvalue weighted by atomic mass is 32.2. The van der Waals surface area contributed by atoms with E-state index in [4.69, 9.17) is 9.84 Å². The molecule has 23 heavy (non-hydrogen) atoms. The number of nitrogens with one attached hydrogen (secondary N) is 1. The van der Waals surface area contributed by atoms with E-state index >= 15 is 0 Å². The molecule has 2 aromatic rings. The van der Waals surface area contributed by atoms with Gasteiger partial charge in [0.05, 0.1) is 17.7 Å². The van der Waals surface area contributed by atoms with E-state index in [9.17, 15) is 13.2 Å². The topological polar surface area (TPSA) is 92.7 Å². The first-order valence-corrected chi connectivity index (χ1v) is 8.27. The van der Waals surface area contributed by atoms with Gasteiger partial charge in [0.1, 0.15) is 12.4 Å². The smallest absolute Gasteiger partial charge is 0.261 e. The average Bonchev–Trinajstić information content (AvgIpc) is 2.54. The highest BCUT2D eigenvalue weighted by Crippen LogP contribution is 2.25. The standard InChI is InChI=1S/C16H17NO5S/c1-11-3-6-13(7-4-11)23(20,21)17-15-8-5-12(22-2)9-14(15)16(19)10-18/h3-9,17-18H,10H2,1-2H3. The molecule has 2 N–H and O–H groups in total. The van der Waals surface area contributed by atoms with E-state index < -0.39 is 22.4 Å². The second kappa shape index (κ2) is 6.80. The third-order valence-corrected chi connectivity index (χ3v) is 4.63. The van der Waals surface area contributed by atoms with Gasteiger partial charge < -0.3 is 9.84 Å². The van der Waals surface area contributed by atoms with Gasteiger partial charge in [0, 0.05) is 5.56 Å². The molecule has 0 aromatic heterocycles. The summed E-state index contributed by atoms with van der Waals surface area (Å²) in [7, 11) is -2.41. The van der Waals surface area contributed by atoms with Crippen molar-refractivity contribution in [3.63, 3.8) is 0 Å². The van der Waals surface area contributed by atoms with Crippen LogP contribution in [0.25, 0.3) is 0 Å². The third-order valence-electron chi connectivity index (χ3n) is 3.25. The molecule has 0 saturated heterocycles. The predicted octanol–water partition coefficient (Wildman–Crippen LogP) is 1.98. The summed E-state index contributed by atoms with van der Waals surface area (Å²) in [4.78, 5) is 11.9. The summed E-state index contributed by atoms with van der Waals surface area (Å²) < 4.78 is 32.2. The predicted molar refractivity (Wildman–Crippen MR) is 86.4 cm³/mol. The van der Waals surface area contributed by atoms with Gasteiger partial charge in [0.2, 0.25) is 0 Å². The molecule has 0 heterocycles. The second-order valence-corrected chi connectivity index (χ2v) is 6.59. The largest absolute Gasteiger partial charge is 0.497 e. The summed E-state index contributed by atoms with van der Waals surface area (Å²) >= 11 is 0. The number of ketones is 1. The van der Waals surface area contributed by atoms with Gasteiger partial charge in [-0.1, -0.05) is 17.7 Å². The molecule has 2 rings (SSSR count). The number of aryl methyl sites for hydroxylation is 1. The van der Waals surface area contributed by atoms with Crippen molar-refractivity contribution in [2.45, 2.75) is 11.8 Å². The van der Waals surface area contributed by atoms with E-state index in [0.717, 1.165) is 5.56 Å². The first-order valence-electron chi connectivity index (χ1n) is 6.79. The third kappa shape index (κ3) is 3.88. The average molecular weight is 335 g/mol. The lowest BCUT2D eigenvalue weighted by Crippen LogP contribution is -2.16. The molecule has 2 aromatic carbocycles. The summed E-state index contributed by atoms with van der Waals surface area (Å²) in [5.74, 6) is -0.217. The fraction of sp³-hybridized carbons (Fsp3) is 0.188. The molecule has 0 aliphatic rings. The van der Waals surface area contributed by atoms with Gasteiger partial charge in [-0.3, -0.25) is 9.52 Å². The van der Waals surface area contributed by atoms with Gasteiger partial charge in [-0.25, -0.2) is 8.42 Å². The molecule has 0 saturated carbocycles. The molecule has 7 heteroatoms. The number of carbonyl (C=O) groups is 1. The van der Waals surface area contributed by atoms with Gasteiger partial charge in [0.15, 0.2) is 5.78 Å². The number of hydrogen-bond donors (Lipinski definition) is 2. The summed E-state index contributed by atoms with van der Waals surface area (Å²) in [5.41, 5.74) is 1.07. The molecule has 0 amide bonds. The van der Waals surface area contributed by atoms with Crippen molar-refractivity contribution >= 4 is 21.5 Å². The van der Waals surface area contributed by atoms with Crippen molar-refractivity contribution in [1.82, 2.24) is 0 Å². The molecule has 0 radical (unpaired) electrons. The number of carbonyl (C=O) groups excluding carboxylic acids is 1. The normalized spacial score (nSPS) is 11.1. The number of rotatable bonds is 6. The van der Waals surface area contributed by atoms with E-state index in [-0.39, 0.29) is 16.1 Å². The van der Waals surface area contributed by atoms with Crippen LogP contribution >= 0.6 is 0 Å². The zero-order valence-corrected chi connectivity index (χ0v) is 13.6. The molecule has 0 unspecified atom stereocenters. The molecule has 6 nitrogen and oxygen atoms in total. The van der Waals surface area contributed by atoms with E-state index in [2.05, 4.69) is 4.72 Å². The number of aliphatic hydroxyl groups excluding tert-OH is 1. The Morgan fingerprint density at radius 1 is 1.17 bits per heavy atom. The highest BCUT2D eigenvalue weighted by Gasteiger charge is 2.19. The van der Waals surface area contributed by atoms with E-state index in [1.807, 2.05) is 6.92 Å². The minimum absolute atomic E-state index is 0.0440. The van der Waals surface area contributed by atoms with Crippen LogP contribution in [0.2, 0.25) is 0 Å². The quantitative estimate of drug-likeness (QED) is 0.788. The van der Waals surface area contributed by atoms with Crippen molar-refractivity contribution in [3.8, 4) is 5.75 Å². The van der Waals surface area contributed by atoms with Gasteiger partial charge in [-0.05, 0) is 37.3 Å². The van der Waals surface area contributed by atoms with Crippen LogP contribution in [0.3, 0.4) is 0 Å². The molecule has 0 aliphatic carbocycles. The molecular weight excluding hydrogens is 318 g/mol.